The van der Waals surface area contributed by atoms with Gasteiger partial charge in [0, 0.05) is 6.42 Å². The summed E-state index contributed by atoms with van der Waals surface area (Å²) in [5.41, 5.74) is 0. The van der Waals surface area contributed by atoms with Crippen molar-refractivity contribution < 1.29 is 32.9 Å². The van der Waals surface area contributed by atoms with Crippen LogP contribution in [0.5, 0.6) is 0 Å². The second-order valence-corrected chi connectivity index (χ2v) is 28.4. The summed E-state index contributed by atoms with van der Waals surface area (Å²) in [6.45, 7) is 4.79. The zero-order chi connectivity index (χ0) is 59.8. The molecule has 490 valence electrons. The van der Waals surface area contributed by atoms with Crippen molar-refractivity contribution in [2.45, 2.75) is 411 Å². The Hall–Kier alpha value is -0.760. The summed E-state index contributed by atoms with van der Waals surface area (Å²) in [4.78, 5) is 25.7. The van der Waals surface area contributed by atoms with E-state index in [-0.39, 0.29) is 19.1 Å². The van der Waals surface area contributed by atoms with Gasteiger partial charge in [0.1, 0.15) is 13.2 Å². The van der Waals surface area contributed by atoms with E-state index in [1.165, 1.54) is 334 Å². The maximum absolute atomic E-state index is 13.1. The third kappa shape index (κ3) is 66.8. The summed E-state index contributed by atoms with van der Waals surface area (Å²) in [6, 6.07) is -0.798. The first-order valence-electron chi connectivity index (χ1n) is 37.0. The minimum atomic E-state index is -4.58. The lowest BCUT2D eigenvalue weighted by Gasteiger charge is -2.30. The van der Waals surface area contributed by atoms with Crippen LogP contribution in [-0.4, -0.2) is 68.5 Å². The number of hydrogen-bond donors (Lipinski definition) is 2. The van der Waals surface area contributed by atoms with Gasteiger partial charge >= 0.3 is 0 Å². The highest BCUT2D eigenvalue weighted by molar-refractivity contribution is 7.45. The molecule has 0 heterocycles. The Bertz CT molecular complexity index is 1340. The molecular weight excluding hydrogens is 1030 g/mol. The van der Waals surface area contributed by atoms with E-state index < -0.39 is 20.0 Å². The van der Waals surface area contributed by atoms with E-state index in [0.717, 1.165) is 38.5 Å². The molecule has 9 heteroatoms. The Morgan fingerprint density at radius 1 is 0.415 bits per heavy atom. The van der Waals surface area contributed by atoms with E-state index in [9.17, 15) is 19.4 Å². The molecule has 0 aromatic carbocycles. The fraction of sp³-hybridized carbons (Fsp3) is 0.959. The molecule has 2 N–H and O–H groups in total. The first-order chi connectivity index (χ1) is 40.0. The summed E-state index contributed by atoms with van der Waals surface area (Å²) in [5.74, 6) is -0.154. The van der Waals surface area contributed by atoms with Crippen LogP contribution in [0.25, 0.3) is 0 Å². The van der Waals surface area contributed by atoms with Gasteiger partial charge in [-0.15, -0.1) is 0 Å². The Balaban J connectivity index is 3.87. The molecule has 3 atom stereocenters. The van der Waals surface area contributed by atoms with E-state index in [4.69, 9.17) is 9.05 Å². The zero-order valence-corrected chi connectivity index (χ0v) is 57.1. The maximum Gasteiger partial charge on any atom is 0.268 e. The number of phosphoric ester groups is 1. The lowest BCUT2D eigenvalue weighted by molar-refractivity contribution is -0.870. The molecule has 0 rings (SSSR count). The molecule has 0 radical (unpaired) electrons. The van der Waals surface area contributed by atoms with Crippen molar-refractivity contribution in [1.82, 2.24) is 5.32 Å². The van der Waals surface area contributed by atoms with E-state index in [1.807, 2.05) is 21.1 Å². The van der Waals surface area contributed by atoms with E-state index >= 15 is 0 Å². The molecule has 82 heavy (non-hydrogen) atoms. The Kier molecular flexibility index (Phi) is 64.1. The predicted molar refractivity (Wildman–Crippen MR) is 358 cm³/mol. The highest BCUT2D eigenvalue weighted by Gasteiger charge is 2.24. The number of nitrogens with zero attached hydrogens (tertiary/aromatic N) is 1. The maximum atomic E-state index is 13.1. The largest absolute Gasteiger partial charge is 0.756 e. The fourth-order valence-corrected chi connectivity index (χ4v) is 12.5. The molecule has 0 saturated carbocycles. The van der Waals surface area contributed by atoms with Crippen LogP contribution in [-0.2, 0) is 18.4 Å². The quantitative estimate of drug-likeness (QED) is 0.0272. The number of rotatable bonds is 70. The monoisotopic (exact) mass is 1180 g/mol. The Morgan fingerprint density at radius 2 is 0.671 bits per heavy atom. The van der Waals surface area contributed by atoms with E-state index in [1.54, 1.807) is 0 Å². The number of allylic oxidation sites excluding steroid dienone is 2. The van der Waals surface area contributed by atoms with Crippen molar-refractivity contribution in [3.63, 3.8) is 0 Å². The van der Waals surface area contributed by atoms with Gasteiger partial charge in [0.2, 0.25) is 5.91 Å². The van der Waals surface area contributed by atoms with Crippen molar-refractivity contribution in [3.8, 4) is 0 Å². The van der Waals surface area contributed by atoms with Gasteiger partial charge < -0.3 is 28.8 Å². The van der Waals surface area contributed by atoms with Gasteiger partial charge in [0.05, 0.1) is 39.9 Å². The van der Waals surface area contributed by atoms with Crippen molar-refractivity contribution in [2.75, 3.05) is 40.9 Å². The number of unbranched alkanes of at least 4 members (excludes halogenated alkanes) is 55. The van der Waals surface area contributed by atoms with Gasteiger partial charge in [-0.25, -0.2) is 0 Å². The summed E-state index contributed by atoms with van der Waals surface area (Å²) in [5, 5.41) is 14.1. The standard InChI is InChI=1S/C73H147N2O6P/c1-6-8-10-12-14-16-18-20-22-24-26-28-29-30-31-32-33-34-35-36-37-38-39-40-41-42-43-44-45-47-49-51-53-55-57-59-61-63-65-67-73(77)74-71(70-81-82(78,79)80-69-68-75(3,4)5)72(76)66-64-62-60-58-56-54-52-50-48-46-27-25-23-21-19-17-15-13-11-9-7-2/h24,26,71-72,76H,6-23,25,27-70H2,1-5H3,(H-,74,77,78,79)/b26-24-. The molecule has 1 amide bonds. The lowest BCUT2D eigenvalue weighted by atomic mass is 10.0. The topological polar surface area (TPSA) is 108 Å². The minimum absolute atomic E-state index is 0.0163. The van der Waals surface area contributed by atoms with Crippen LogP contribution in [0.3, 0.4) is 0 Å². The van der Waals surface area contributed by atoms with Gasteiger partial charge in [-0.3, -0.25) is 9.36 Å². The number of aliphatic hydroxyl groups excluding tert-OH is 1. The summed E-state index contributed by atoms with van der Waals surface area (Å²) < 4.78 is 23.5. The number of carbonyl (C=O) groups is 1. The van der Waals surface area contributed by atoms with Gasteiger partial charge in [-0.1, -0.05) is 366 Å². The number of nitrogens with one attached hydrogen (secondary N) is 1. The number of hydrogen-bond acceptors (Lipinski definition) is 6. The zero-order valence-electron chi connectivity index (χ0n) is 56.2. The van der Waals surface area contributed by atoms with Crippen LogP contribution < -0.4 is 10.2 Å². The average Bonchev–Trinajstić information content (AvgIpc) is 3.46. The molecule has 0 spiro atoms. The van der Waals surface area contributed by atoms with Crippen LogP contribution in [0, 0.1) is 0 Å². The van der Waals surface area contributed by atoms with Crippen LogP contribution in [0.4, 0.5) is 0 Å². The van der Waals surface area contributed by atoms with Gasteiger partial charge in [-0.2, -0.15) is 0 Å². The third-order valence-corrected chi connectivity index (χ3v) is 18.5. The molecular formula is C73H147N2O6P. The SMILES string of the molecule is CCCCCCCCCC/C=C\CCCCCCCCCCCCCCCCCCCCCCCCCCCCCC(=O)NC(COP(=O)([O-])OCC[N+](C)(C)C)C(O)CCCCCCCCCCCCCCCCCCCCCCC. The van der Waals surface area contributed by atoms with Crippen molar-refractivity contribution in [2.24, 2.45) is 0 Å². The van der Waals surface area contributed by atoms with E-state index in [0.29, 0.717) is 23.9 Å². The molecule has 0 aromatic rings. The van der Waals surface area contributed by atoms with Gasteiger partial charge in [0.15, 0.2) is 0 Å². The molecule has 8 nitrogen and oxygen atoms in total. The molecule has 0 aliphatic heterocycles. The number of carbonyl (C=O) groups excluding carboxylic acids is 1. The van der Waals surface area contributed by atoms with Crippen molar-refractivity contribution >= 4 is 13.7 Å². The molecule has 0 aliphatic rings. The summed E-state index contributed by atoms with van der Waals surface area (Å²) in [7, 11) is 1.33. The Morgan fingerprint density at radius 3 is 0.951 bits per heavy atom. The summed E-state index contributed by atoms with van der Waals surface area (Å²) >= 11 is 0. The summed E-state index contributed by atoms with van der Waals surface area (Å²) in [6.07, 6.45) is 83.2. The smallest absolute Gasteiger partial charge is 0.268 e. The number of phosphoric acid groups is 1. The van der Waals surface area contributed by atoms with Crippen molar-refractivity contribution in [3.05, 3.63) is 12.2 Å². The van der Waals surface area contributed by atoms with E-state index in [2.05, 4.69) is 31.3 Å². The molecule has 3 unspecified atom stereocenters. The second-order valence-electron chi connectivity index (χ2n) is 27.0. The Labute approximate surface area is 513 Å². The lowest BCUT2D eigenvalue weighted by Crippen LogP contribution is -2.46. The molecule has 0 fully saturated rings. The van der Waals surface area contributed by atoms with Crippen molar-refractivity contribution in [1.29, 1.82) is 0 Å². The normalized spacial score (nSPS) is 13.6. The second kappa shape index (κ2) is 64.7. The first kappa shape index (κ1) is 81.2. The molecule has 0 aromatic heterocycles. The highest BCUT2D eigenvalue weighted by Crippen LogP contribution is 2.38. The highest BCUT2D eigenvalue weighted by atomic mass is 31.2. The van der Waals surface area contributed by atoms with Crippen LogP contribution in [0.1, 0.15) is 399 Å². The molecule has 0 saturated heterocycles. The number of amides is 1. The average molecular weight is 1180 g/mol. The minimum Gasteiger partial charge on any atom is -0.756 e. The fourth-order valence-electron chi connectivity index (χ4n) is 11.7. The molecule has 0 bridgehead atoms. The first-order valence-corrected chi connectivity index (χ1v) is 38.5. The third-order valence-electron chi connectivity index (χ3n) is 17.5. The number of quaternary nitrogens is 1. The number of aliphatic hydroxyl groups is 1. The predicted octanol–water partition coefficient (Wildman–Crippen LogP) is 23.0. The molecule has 0 aliphatic carbocycles. The van der Waals surface area contributed by atoms with Gasteiger partial charge in [-0.05, 0) is 38.5 Å². The van der Waals surface area contributed by atoms with Crippen LogP contribution in [0.15, 0.2) is 12.2 Å². The van der Waals surface area contributed by atoms with Gasteiger partial charge in [0.25, 0.3) is 7.82 Å². The van der Waals surface area contributed by atoms with Crippen LogP contribution in [0.2, 0.25) is 0 Å². The van der Waals surface area contributed by atoms with Crippen LogP contribution >= 0.6 is 7.82 Å². The number of likely N-dealkylation sites (N-methyl/N-ethyl adjacent to an activating group) is 1.